The molecule has 132 valence electrons. The monoisotopic (exact) mass is 331 g/mol. The van der Waals surface area contributed by atoms with E-state index in [4.69, 9.17) is 4.74 Å². The van der Waals surface area contributed by atoms with E-state index in [1.807, 2.05) is 17.2 Å². The van der Waals surface area contributed by atoms with E-state index < -0.39 is 0 Å². The number of carbonyl (C=O) groups excluding carboxylic acids is 1. The van der Waals surface area contributed by atoms with Gasteiger partial charge in [0.15, 0.2) is 0 Å². The van der Waals surface area contributed by atoms with Gasteiger partial charge in [-0.2, -0.15) is 0 Å². The molecule has 3 rings (SSSR count). The second-order valence-electron chi connectivity index (χ2n) is 7.75. The second kappa shape index (κ2) is 7.19. The first kappa shape index (κ1) is 17.4. The van der Waals surface area contributed by atoms with E-state index in [2.05, 4.69) is 36.7 Å². The Morgan fingerprint density at radius 3 is 2.96 bits per heavy atom. The lowest BCUT2D eigenvalue weighted by Gasteiger charge is -2.45. The van der Waals surface area contributed by atoms with E-state index in [9.17, 15) is 4.79 Å². The van der Waals surface area contributed by atoms with Gasteiger partial charge in [0.25, 0.3) is 0 Å². The maximum absolute atomic E-state index is 13.2. The number of piperidine rings is 1. The Kier molecular flexibility index (Phi) is 5.21. The minimum atomic E-state index is -0.268. The van der Waals surface area contributed by atoms with Crippen molar-refractivity contribution in [3.8, 4) is 0 Å². The number of rotatable bonds is 3. The number of morpholine rings is 1. The summed E-state index contributed by atoms with van der Waals surface area (Å²) in [5, 5.41) is 0. The average Bonchev–Trinajstić information content (AvgIpc) is 2.54. The van der Waals surface area contributed by atoms with Gasteiger partial charge in [0.05, 0.1) is 17.7 Å². The minimum Gasteiger partial charge on any atom is -0.369 e. The first-order valence-electron chi connectivity index (χ1n) is 9.04. The molecule has 0 aliphatic carbocycles. The standard InChI is InChI=1S/C19H29N3O2/c1-15-12-22(14-19(2,3)24-15)18(23)17-8-4-5-10-21(17)13-16-7-6-9-20-11-16/h6-7,9,11,15,17H,4-5,8,10,12-14H2,1-3H3/t15-,17-/m1/s1. The van der Waals surface area contributed by atoms with Crippen LogP contribution >= 0.6 is 0 Å². The molecule has 2 aliphatic heterocycles. The molecule has 0 bridgehead atoms. The van der Waals surface area contributed by atoms with Crippen molar-refractivity contribution >= 4 is 5.91 Å². The molecule has 5 heteroatoms. The van der Waals surface area contributed by atoms with E-state index >= 15 is 0 Å². The van der Waals surface area contributed by atoms with Crippen LogP contribution in [0.5, 0.6) is 0 Å². The highest BCUT2D eigenvalue weighted by atomic mass is 16.5. The van der Waals surface area contributed by atoms with Crippen molar-refractivity contribution < 1.29 is 9.53 Å². The average molecular weight is 331 g/mol. The van der Waals surface area contributed by atoms with Crippen molar-refractivity contribution in [2.24, 2.45) is 0 Å². The molecule has 3 heterocycles. The van der Waals surface area contributed by atoms with Crippen LogP contribution in [0.15, 0.2) is 24.5 Å². The zero-order valence-corrected chi connectivity index (χ0v) is 15.1. The number of hydrogen-bond acceptors (Lipinski definition) is 4. The van der Waals surface area contributed by atoms with Gasteiger partial charge < -0.3 is 9.64 Å². The summed E-state index contributed by atoms with van der Waals surface area (Å²) in [6.45, 7) is 9.33. The fraction of sp³-hybridized carbons (Fsp3) is 0.684. The van der Waals surface area contributed by atoms with Crippen LogP contribution in [0.1, 0.15) is 45.6 Å². The number of nitrogens with zero attached hydrogens (tertiary/aromatic N) is 3. The first-order chi connectivity index (χ1) is 11.4. The zero-order chi connectivity index (χ0) is 17.2. The van der Waals surface area contributed by atoms with Gasteiger partial charge in [-0.25, -0.2) is 0 Å². The molecule has 0 spiro atoms. The SMILES string of the molecule is C[C@@H]1CN(C(=O)[C@H]2CCCCN2Cc2cccnc2)CC(C)(C)O1. The van der Waals surface area contributed by atoms with Crippen molar-refractivity contribution in [1.29, 1.82) is 0 Å². The Labute approximate surface area is 145 Å². The number of pyridine rings is 1. The molecule has 0 radical (unpaired) electrons. The number of aromatic nitrogens is 1. The van der Waals surface area contributed by atoms with Crippen LogP contribution in [0.4, 0.5) is 0 Å². The number of likely N-dealkylation sites (tertiary alicyclic amines) is 1. The molecule has 24 heavy (non-hydrogen) atoms. The Morgan fingerprint density at radius 1 is 1.42 bits per heavy atom. The summed E-state index contributed by atoms with van der Waals surface area (Å²) in [5.41, 5.74) is 0.906. The van der Waals surface area contributed by atoms with Gasteiger partial charge in [-0.05, 0) is 51.8 Å². The molecule has 2 fully saturated rings. The van der Waals surface area contributed by atoms with Gasteiger partial charge in [-0.1, -0.05) is 12.5 Å². The highest BCUT2D eigenvalue weighted by Gasteiger charge is 2.38. The number of amides is 1. The molecule has 0 aromatic carbocycles. The molecule has 2 saturated heterocycles. The normalized spacial score (nSPS) is 27.9. The van der Waals surface area contributed by atoms with E-state index in [0.717, 1.165) is 32.4 Å². The third-order valence-electron chi connectivity index (χ3n) is 4.89. The Bertz CT molecular complexity index is 561. The summed E-state index contributed by atoms with van der Waals surface area (Å²) in [7, 11) is 0. The lowest BCUT2D eigenvalue weighted by atomic mass is 9.98. The lowest BCUT2D eigenvalue weighted by Crippen LogP contribution is -2.58. The Morgan fingerprint density at radius 2 is 2.25 bits per heavy atom. The van der Waals surface area contributed by atoms with Crippen molar-refractivity contribution in [3.63, 3.8) is 0 Å². The first-order valence-corrected chi connectivity index (χ1v) is 9.04. The predicted octanol–water partition coefficient (Wildman–Crippen LogP) is 2.46. The topological polar surface area (TPSA) is 45.7 Å². The molecule has 0 saturated carbocycles. The van der Waals surface area contributed by atoms with Gasteiger partial charge >= 0.3 is 0 Å². The van der Waals surface area contributed by atoms with Crippen molar-refractivity contribution in [1.82, 2.24) is 14.8 Å². The molecule has 0 N–H and O–H groups in total. The number of carbonyl (C=O) groups is 1. The van der Waals surface area contributed by atoms with Crippen LogP contribution in [0, 0.1) is 0 Å². The summed E-state index contributed by atoms with van der Waals surface area (Å²) in [4.78, 5) is 21.7. The van der Waals surface area contributed by atoms with Crippen LogP contribution in [0.3, 0.4) is 0 Å². The molecule has 2 aliphatic rings. The van der Waals surface area contributed by atoms with Gasteiger partial charge in [0, 0.05) is 32.0 Å². The maximum Gasteiger partial charge on any atom is 0.240 e. The number of ether oxygens (including phenoxy) is 1. The molecular weight excluding hydrogens is 302 g/mol. The summed E-state index contributed by atoms with van der Waals surface area (Å²) < 4.78 is 5.95. The zero-order valence-electron chi connectivity index (χ0n) is 15.1. The van der Waals surface area contributed by atoms with E-state index in [1.165, 1.54) is 5.56 Å². The van der Waals surface area contributed by atoms with Crippen molar-refractivity contribution in [2.45, 2.75) is 64.3 Å². The van der Waals surface area contributed by atoms with Crippen LogP contribution in [-0.2, 0) is 16.1 Å². The van der Waals surface area contributed by atoms with Crippen molar-refractivity contribution in [3.05, 3.63) is 30.1 Å². The van der Waals surface area contributed by atoms with E-state index in [1.54, 1.807) is 6.20 Å². The Hall–Kier alpha value is -1.46. The smallest absolute Gasteiger partial charge is 0.240 e. The van der Waals surface area contributed by atoms with Crippen LogP contribution in [0.2, 0.25) is 0 Å². The summed E-state index contributed by atoms with van der Waals surface area (Å²) >= 11 is 0. The van der Waals surface area contributed by atoms with Crippen LogP contribution < -0.4 is 0 Å². The fourth-order valence-electron chi connectivity index (χ4n) is 4.02. The molecule has 1 aromatic heterocycles. The summed E-state index contributed by atoms with van der Waals surface area (Å²) in [6.07, 6.45) is 7.02. The molecule has 1 amide bonds. The predicted molar refractivity (Wildman–Crippen MR) is 93.5 cm³/mol. The number of hydrogen-bond donors (Lipinski definition) is 0. The Balaban J connectivity index is 1.71. The highest BCUT2D eigenvalue weighted by Crippen LogP contribution is 2.26. The van der Waals surface area contributed by atoms with Gasteiger partial charge in [-0.3, -0.25) is 14.7 Å². The summed E-state index contributed by atoms with van der Waals surface area (Å²) in [5.74, 6) is 0.266. The van der Waals surface area contributed by atoms with Crippen LogP contribution in [0.25, 0.3) is 0 Å². The fourth-order valence-corrected chi connectivity index (χ4v) is 4.02. The molecule has 0 unspecified atom stereocenters. The van der Waals surface area contributed by atoms with Crippen molar-refractivity contribution in [2.75, 3.05) is 19.6 Å². The molecule has 2 atom stereocenters. The molecule has 5 nitrogen and oxygen atoms in total. The van der Waals surface area contributed by atoms with E-state index in [0.29, 0.717) is 13.1 Å². The quantitative estimate of drug-likeness (QED) is 0.853. The third kappa shape index (κ3) is 4.14. The summed E-state index contributed by atoms with van der Waals surface area (Å²) in [6, 6.07) is 4.03. The largest absolute Gasteiger partial charge is 0.369 e. The second-order valence-corrected chi connectivity index (χ2v) is 7.75. The van der Waals surface area contributed by atoms with Gasteiger partial charge in [0.2, 0.25) is 5.91 Å². The maximum atomic E-state index is 13.2. The van der Waals surface area contributed by atoms with Gasteiger partial charge in [-0.15, -0.1) is 0 Å². The van der Waals surface area contributed by atoms with Crippen LogP contribution in [-0.4, -0.2) is 58.1 Å². The highest BCUT2D eigenvalue weighted by molar-refractivity contribution is 5.82. The lowest BCUT2D eigenvalue weighted by molar-refractivity contribution is -0.163. The molecular formula is C19H29N3O2. The minimum absolute atomic E-state index is 0.0138. The third-order valence-corrected chi connectivity index (χ3v) is 4.89. The molecule has 1 aromatic rings. The van der Waals surface area contributed by atoms with Gasteiger partial charge in [0.1, 0.15) is 0 Å². The van der Waals surface area contributed by atoms with E-state index in [-0.39, 0.29) is 23.7 Å².